The van der Waals surface area contributed by atoms with Gasteiger partial charge in [0.1, 0.15) is 11.5 Å². The van der Waals surface area contributed by atoms with Crippen LogP contribution in [-0.2, 0) is 13.0 Å². The fourth-order valence-electron chi connectivity index (χ4n) is 1.76. The van der Waals surface area contributed by atoms with Gasteiger partial charge >= 0.3 is 0 Å². The zero-order valence-electron chi connectivity index (χ0n) is 9.54. The van der Waals surface area contributed by atoms with Crippen LogP contribution in [0, 0.1) is 0 Å². The normalized spacial score (nSPS) is 18.7. The number of phenols is 2. The standard InChI is InChI=1S/C10H13NO2.C2H6/c1-6-2-7-3-8(12)4-10(13)9(7)5-11-6;1-2/h3-4,6,11-13H,2,5H2,1H3;1-2H3/t6-;/m1./s1. The molecule has 1 aromatic rings. The van der Waals surface area contributed by atoms with Gasteiger partial charge in [0.25, 0.3) is 0 Å². The monoisotopic (exact) mass is 209 g/mol. The molecule has 1 aliphatic heterocycles. The van der Waals surface area contributed by atoms with E-state index in [0.29, 0.717) is 12.6 Å². The van der Waals surface area contributed by atoms with Crippen molar-refractivity contribution in [1.29, 1.82) is 0 Å². The number of nitrogens with one attached hydrogen (secondary N) is 1. The van der Waals surface area contributed by atoms with Crippen LogP contribution in [0.5, 0.6) is 11.5 Å². The molecule has 0 unspecified atom stereocenters. The molecule has 0 amide bonds. The molecule has 0 fully saturated rings. The Hall–Kier alpha value is -1.22. The van der Waals surface area contributed by atoms with Crippen molar-refractivity contribution in [2.24, 2.45) is 0 Å². The molecule has 1 heterocycles. The Labute approximate surface area is 90.8 Å². The van der Waals surface area contributed by atoms with E-state index in [1.165, 1.54) is 6.07 Å². The number of hydrogen-bond acceptors (Lipinski definition) is 3. The number of aromatic hydroxyl groups is 2. The summed E-state index contributed by atoms with van der Waals surface area (Å²) in [7, 11) is 0. The SMILES string of the molecule is CC.C[C@@H]1Cc2cc(O)cc(O)c2CN1. The predicted octanol–water partition coefficient (Wildman–Crippen LogP) is 2.16. The first kappa shape index (κ1) is 11.9. The highest BCUT2D eigenvalue weighted by Crippen LogP contribution is 2.30. The van der Waals surface area contributed by atoms with Gasteiger partial charge in [0.2, 0.25) is 0 Å². The van der Waals surface area contributed by atoms with Crippen LogP contribution in [0.25, 0.3) is 0 Å². The Balaban J connectivity index is 0.000000531. The first-order valence-electron chi connectivity index (χ1n) is 5.44. The maximum Gasteiger partial charge on any atom is 0.124 e. The van der Waals surface area contributed by atoms with Gasteiger partial charge in [0, 0.05) is 24.2 Å². The lowest BCUT2D eigenvalue weighted by atomic mass is 9.95. The van der Waals surface area contributed by atoms with Crippen molar-refractivity contribution in [2.45, 2.75) is 39.8 Å². The zero-order chi connectivity index (χ0) is 11.4. The molecule has 2 rings (SSSR count). The fraction of sp³-hybridized carbons (Fsp3) is 0.500. The van der Waals surface area contributed by atoms with Crippen LogP contribution in [-0.4, -0.2) is 16.3 Å². The quantitative estimate of drug-likeness (QED) is 0.613. The maximum atomic E-state index is 9.52. The second-order valence-electron chi connectivity index (χ2n) is 3.59. The van der Waals surface area contributed by atoms with Crippen LogP contribution in [0.3, 0.4) is 0 Å². The molecule has 15 heavy (non-hydrogen) atoms. The summed E-state index contributed by atoms with van der Waals surface area (Å²) < 4.78 is 0. The van der Waals surface area contributed by atoms with Crippen LogP contribution in [0.15, 0.2) is 12.1 Å². The van der Waals surface area contributed by atoms with Gasteiger partial charge in [-0.05, 0) is 25.0 Å². The summed E-state index contributed by atoms with van der Waals surface area (Å²) in [6.45, 7) is 6.77. The van der Waals surface area contributed by atoms with Crippen molar-refractivity contribution in [3.8, 4) is 11.5 Å². The average Bonchev–Trinajstić information content (AvgIpc) is 2.19. The molecule has 3 heteroatoms. The van der Waals surface area contributed by atoms with Gasteiger partial charge in [0.15, 0.2) is 0 Å². The molecule has 0 saturated carbocycles. The molecule has 3 nitrogen and oxygen atoms in total. The molecule has 1 aliphatic rings. The molecular weight excluding hydrogens is 190 g/mol. The van der Waals surface area contributed by atoms with Crippen LogP contribution < -0.4 is 5.32 Å². The highest BCUT2D eigenvalue weighted by atomic mass is 16.3. The van der Waals surface area contributed by atoms with Crippen LogP contribution in [0.1, 0.15) is 31.9 Å². The summed E-state index contributed by atoms with van der Waals surface area (Å²) in [5.41, 5.74) is 1.96. The molecule has 84 valence electrons. The highest BCUT2D eigenvalue weighted by molar-refractivity contribution is 5.46. The first-order chi connectivity index (χ1) is 7.16. The van der Waals surface area contributed by atoms with Crippen molar-refractivity contribution in [1.82, 2.24) is 5.32 Å². The van der Waals surface area contributed by atoms with Gasteiger partial charge in [0.05, 0.1) is 0 Å². The van der Waals surface area contributed by atoms with Gasteiger partial charge in [-0.25, -0.2) is 0 Å². The van der Waals surface area contributed by atoms with Crippen LogP contribution >= 0.6 is 0 Å². The summed E-state index contributed by atoms with van der Waals surface area (Å²) in [6.07, 6.45) is 0.858. The molecule has 3 N–H and O–H groups in total. The van der Waals surface area contributed by atoms with Crippen molar-refractivity contribution in [2.75, 3.05) is 0 Å². The number of phenolic OH excluding ortho intramolecular Hbond substituents is 2. The zero-order valence-corrected chi connectivity index (χ0v) is 9.54. The minimum absolute atomic E-state index is 0.144. The number of fused-ring (bicyclic) bond motifs is 1. The predicted molar refractivity (Wildman–Crippen MR) is 61.1 cm³/mol. The van der Waals surface area contributed by atoms with E-state index in [4.69, 9.17) is 0 Å². The van der Waals surface area contributed by atoms with Crippen molar-refractivity contribution in [3.05, 3.63) is 23.3 Å². The molecular formula is C12H19NO2. The Kier molecular flexibility index (Phi) is 3.97. The minimum Gasteiger partial charge on any atom is -0.508 e. The summed E-state index contributed by atoms with van der Waals surface area (Å²) in [5.74, 6) is 0.333. The first-order valence-corrected chi connectivity index (χ1v) is 5.44. The van der Waals surface area contributed by atoms with E-state index in [-0.39, 0.29) is 11.5 Å². The Morgan fingerprint density at radius 1 is 1.27 bits per heavy atom. The van der Waals surface area contributed by atoms with Crippen molar-refractivity contribution < 1.29 is 10.2 Å². The number of benzene rings is 1. The summed E-state index contributed by atoms with van der Waals surface area (Å²) in [5, 5.41) is 22.1. The summed E-state index contributed by atoms with van der Waals surface area (Å²) >= 11 is 0. The molecule has 0 spiro atoms. The smallest absolute Gasteiger partial charge is 0.124 e. The maximum absolute atomic E-state index is 9.52. The summed E-state index contributed by atoms with van der Waals surface area (Å²) in [6, 6.07) is 3.52. The lowest BCUT2D eigenvalue weighted by molar-refractivity contribution is 0.428. The van der Waals surface area contributed by atoms with Gasteiger partial charge in [-0.2, -0.15) is 0 Å². The second-order valence-corrected chi connectivity index (χ2v) is 3.59. The molecule has 0 saturated heterocycles. The van der Waals surface area contributed by atoms with E-state index in [1.807, 2.05) is 13.8 Å². The van der Waals surface area contributed by atoms with Crippen LogP contribution in [0.2, 0.25) is 0 Å². The molecule has 0 radical (unpaired) electrons. The Bertz CT molecular complexity index is 337. The fourth-order valence-corrected chi connectivity index (χ4v) is 1.76. The van der Waals surface area contributed by atoms with Crippen LogP contribution in [0.4, 0.5) is 0 Å². The van der Waals surface area contributed by atoms with Crippen molar-refractivity contribution in [3.63, 3.8) is 0 Å². The second kappa shape index (κ2) is 5.03. The lowest BCUT2D eigenvalue weighted by Crippen LogP contribution is -2.32. The Morgan fingerprint density at radius 2 is 1.93 bits per heavy atom. The third-order valence-electron chi connectivity index (χ3n) is 2.46. The van der Waals surface area contributed by atoms with Gasteiger partial charge < -0.3 is 15.5 Å². The third kappa shape index (κ3) is 2.63. The molecule has 0 aromatic heterocycles. The van der Waals surface area contributed by atoms with E-state index in [1.54, 1.807) is 6.07 Å². The van der Waals surface area contributed by atoms with E-state index in [0.717, 1.165) is 17.5 Å². The lowest BCUT2D eigenvalue weighted by Gasteiger charge is -2.23. The molecule has 0 aliphatic carbocycles. The number of hydrogen-bond donors (Lipinski definition) is 3. The molecule has 0 bridgehead atoms. The third-order valence-corrected chi connectivity index (χ3v) is 2.46. The van der Waals surface area contributed by atoms with Crippen molar-refractivity contribution >= 4 is 0 Å². The van der Waals surface area contributed by atoms with E-state index < -0.39 is 0 Å². The minimum atomic E-state index is 0.144. The number of rotatable bonds is 0. The molecule has 1 aromatic carbocycles. The van der Waals surface area contributed by atoms with Gasteiger partial charge in [-0.15, -0.1) is 0 Å². The summed E-state index contributed by atoms with van der Waals surface area (Å²) in [4.78, 5) is 0. The van der Waals surface area contributed by atoms with Gasteiger partial charge in [-0.3, -0.25) is 0 Å². The van der Waals surface area contributed by atoms with Gasteiger partial charge in [-0.1, -0.05) is 13.8 Å². The van der Waals surface area contributed by atoms with E-state index in [9.17, 15) is 10.2 Å². The molecule has 1 atom stereocenters. The average molecular weight is 209 g/mol. The largest absolute Gasteiger partial charge is 0.508 e. The van der Waals surface area contributed by atoms with E-state index in [2.05, 4.69) is 12.2 Å². The van der Waals surface area contributed by atoms with E-state index >= 15 is 0 Å². The highest BCUT2D eigenvalue weighted by Gasteiger charge is 2.17. The topological polar surface area (TPSA) is 52.5 Å². The Morgan fingerprint density at radius 3 is 2.60 bits per heavy atom.